The Morgan fingerprint density at radius 2 is 1.95 bits per heavy atom. The van der Waals surface area contributed by atoms with Gasteiger partial charge in [-0.2, -0.15) is 0 Å². The number of carbonyl (C=O) groups is 1. The van der Waals surface area contributed by atoms with Crippen molar-refractivity contribution in [3.63, 3.8) is 0 Å². The summed E-state index contributed by atoms with van der Waals surface area (Å²) in [5, 5.41) is 8.88. The van der Waals surface area contributed by atoms with Crippen LogP contribution in [-0.4, -0.2) is 23.4 Å². The van der Waals surface area contributed by atoms with E-state index in [2.05, 4.69) is 28.1 Å². The maximum absolute atomic E-state index is 10.8. The Labute approximate surface area is 130 Å². The molecule has 104 valence electrons. The first-order valence-corrected chi connectivity index (χ1v) is 7.78. The van der Waals surface area contributed by atoms with Crippen LogP contribution in [0.5, 0.6) is 5.75 Å². The molecule has 2 aromatic rings. The zero-order chi connectivity index (χ0) is 14.4. The van der Waals surface area contributed by atoms with Gasteiger partial charge in [-0.15, -0.1) is 11.8 Å². The van der Waals surface area contributed by atoms with E-state index in [0.717, 1.165) is 5.75 Å². The quantitative estimate of drug-likeness (QED) is 0.621. The van der Waals surface area contributed by atoms with Crippen LogP contribution in [0.4, 0.5) is 0 Å². The molecule has 1 N–H and O–H groups in total. The second kappa shape index (κ2) is 7.36. The Kier molecular flexibility index (Phi) is 5.49. The molecule has 0 aliphatic rings. The first-order chi connectivity index (χ1) is 9.66. The third-order valence-corrected chi connectivity index (χ3v) is 4.13. The summed E-state index contributed by atoms with van der Waals surface area (Å²) in [6.45, 7) is 0.560. The fourth-order valence-corrected chi connectivity index (χ4v) is 2.82. The predicted octanol–water partition coefficient (Wildman–Crippen LogP) is 4.32. The van der Waals surface area contributed by atoms with Gasteiger partial charge in [-0.25, -0.2) is 4.79 Å². The molecule has 0 saturated carbocycles. The van der Waals surface area contributed by atoms with Gasteiger partial charge < -0.3 is 9.84 Å². The molecule has 0 radical (unpaired) electrons. The van der Waals surface area contributed by atoms with Gasteiger partial charge in [-0.05, 0) is 46.3 Å². The molecule has 5 heteroatoms. The monoisotopic (exact) mass is 352 g/mol. The minimum Gasteiger partial charge on any atom is -0.492 e. The lowest BCUT2D eigenvalue weighted by Crippen LogP contribution is -2.02. The summed E-state index contributed by atoms with van der Waals surface area (Å²) in [4.78, 5) is 12.0. The molecule has 0 unspecified atom stereocenters. The van der Waals surface area contributed by atoms with Crippen molar-refractivity contribution in [2.45, 2.75) is 4.90 Å². The van der Waals surface area contributed by atoms with Gasteiger partial charge in [0, 0.05) is 10.6 Å². The van der Waals surface area contributed by atoms with Gasteiger partial charge in [0.25, 0.3) is 0 Å². The van der Waals surface area contributed by atoms with Crippen LogP contribution in [0.25, 0.3) is 0 Å². The molecule has 0 aromatic heterocycles. The molecule has 0 saturated heterocycles. The van der Waals surface area contributed by atoms with E-state index in [1.54, 1.807) is 23.9 Å². The second-order valence-corrected chi connectivity index (χ2v) is 5.98. The average molecular weight is 353 g/mol. The molecule has 3 nitrogen and oxygen atoms in total. The van der Waals surface area contributed by atoms with Crippen molar-refractivity contribution < 1.29 is 14.6 Å². The highest BCUT2D eigenvalue weighted by Crippen LogP contribution is 2.26. The number of benzene rings is 2. The smallest absolute Gasteiger partial charge is 0.335 e. The lowest BCUT2D eigenvalue weighted by atomic mass is 10.2. The predicted molar refractivity (Wildman–Crippen MR) is 83.8 cm³/mol. The van der Waals surface area contributed by atoms with E-state index in [1.165, 1.54) is 11.0 Å². The normalized spacial score (nSPS) is 10.2. The maximum atomic E-state index is 10.8. The summed E-state index contributed by atoms with van der Waals surface area (Å²) in [5.74, 6) is 0.539. The Balaban J connectivity index is 1.84. The molecule has 2 aromatic carbocycles. The zero-order valence-electron chi connectivity index (χ0n) is 10.6. The largest absolute Gasteiger partial charge is 0.492 e. The van der Waals surface area contributed by atoms with E-state index in [-0.39, 0.29) is 5.56 Å². The Bertz CT molecular complexity index is 587. The molecular formula is C15H13BrO3S. The fourth-order valence-electron chi connectivity index (χ4n) is 1.58. The molecule has 0 atom stereocenters. The van der Waals surface area contributed by atoms with Crippen LogP contribution in [0, 0.1) is 0 Å². The SMILES string of the molecule is O=C(O)c1ccc(OCCSc2ccccc2)c(Br)c1. The van der Waals surface area contributed by atoms with E-state index >= 15 is 0 Å². The summed E-state index contributed by atoms with van der Waals surface area (Å²) in [6.07, 6.45) is 0. The summed E-state index contributed by atoms with van der Waals surface area (Å²) in [6, 6.07) is 14.9. The lowest BCUT2D eigenvalue weighted by molar-refractivity contribution is 0.0697. The molecule has 0 heterocycles. The van der Waals surface area contributed by atoms with Gasteiger partial charge in [0.2, 0.25) is 0 Å². The topological polar surface area (TPSA) is 46.5 Å². The van der Waals surface area contributed by atoms with Crippen molar-refractivity contribution in [1.82, 2.24) is 0 Å². The first-order valence-electron chi connectivity index (χ1n) is 6.00. The molecule has 2 rings (SSSR count). The van der Waals surface area contributed by atoms with Gasteiger partial charge in [-0.3, -0.25) is 0 Å². The van der Waals surface area contributed by atoms with Crippen LogP contribution in [-0.2, 0) is 0 Å². The van der Waals surface area contributed by atoms with Crippen LogP contribution in [0.1, 0.15) is 10.4 Å². The third-order valence-electron chi connectivity index (χ3n) is 2.53. The summed E-state index contributed by atoms with van der Waals surface area (Å²) in [5.41, 5.74) is 0.239. The molecule has 0 aliphatic heterocycles. The van der Waals surface area contributed by atoms with E-state index in [1.807, 2.05) is 18.2 Å². The van der Waals surface area contributed by atoms with E-state index in [9.17, 15) is 4.79 Å². The van der Waals surface area contributed by atoms with E-state index in [4.69, 9.17) is 9.84 Å². The summed E-state index contributed by atoms with van der Waals surface area (Å²) >= 11 is 5.04. The number of halogens is 1. The van der Waals surface area contributed by atoms with E-state index < -0.39 is 5.97 Å². The lowest BCUT2D eigenvalue weighted by Gasteiger charge is -2.08. The highest BCUT2D eigenvalue weighted by atomic mass is 79.9. The van der Waals surface area contributed by atoms with Gasteiger partial charge >= 0.3 is 5.97 Å². The van der Waals surface area contributed by atoms with Crippen molar-refractivity contribution in [3.05, 3.63) is 58.6 Å². The minimum atomic E-state index is -0.947. The van der Waals surface area contributed by atoms with Crippen molar-refractivity contribution in [1.29, 1.82) is 0 Å². The van der Waals surface area contributed by atoms with Gasteiger partial charge in [0.15, 0.2) is 0 Å². The number of ether oxygens (including phenoxy) is 1. The van der Waals surface area contributed by atoms with Crippen LogP contribution >= 0.6 is 27.7 Å². The van der Waals surface area contributed by atoms with Gasteiger partial charge in [-0.1, -0.05) is 18.2 Å². The van der Waals surface area contributed by atoms with Crippen LogP contribution in [0.15, 0.2) is 57.9 Å². The molecule has 0 amide bonds. The summed E-state index contributed by atoms with van der Waals surface area (Å²) < 4.78 is 6.29. The Morgan fingerprint density at radius 3 is 2.60 bits per heavy atom. The molecule has 0 spiro atoms. The molecular weight excluding hydrogens is 340 g/mol. The number of aromatic carboxylic acids is 1. The maximum Gasteiger partial charge on any atom is 0.335 e. The van der Waals surface area contributed by atoms with E-state index in [0.29, 0.717) is 16.8 Å². The van der Waals surface area contributed by atoms with Crippen molar-refractivity contribution in [2.24, 2.45) is 0 Å². The molecule has 0 aliphatic carbocycles. The first kappa shape index (κ1) is 14.9. The third kappa shape index (κ3) is 4.28. The highest BCUT2D eigenvalue weighted by molar-refractivity contribution is 9.10. The number of hydrogen-bond acceptors (Lipinski definition) is 3. The molecule has 0 bridgehead atoms. The number of hydrogen-bond donors (Lipinski definition) is 1. The summed E-state index contributed by atoms with van der Waals surface area (Å²) in [7, 11) is 0. The van der Waals surface area contributed by atoms with Gasteiger partial charge in [0.1, 0.15) is 5.75 Å². The minimum absolute atomic E-state index is 0.239. The van der Waals surface area contributed by atoms with Crippen molar-refractivity contribution >= 4 is 33.7 Å². The number of carboxylic acid groups (broad SMARTS) is 1. The highest BCUT2D eigenvalue weighted by Gasteiger charge is 2.07. The van der Waals surface area contributed by atoms with Crippen LogP contribution in [0.2, 0.25) is 0 Å². The number of thioether (sulfide) groups is 1. The zero-order valence-corrected chi connectivity index (χ0v) is 13.0. The standard InChI is InChI=1S/C15H13BrO3S/c16-13-10-11(15(17)18)6-7-14(13)19-8-9-20-12-4-2-1-3-5-12/h1-7,10H,8-9H2,(H,17,18). The van der Waals surface area contributed by atoms with Gasteiger partial charge in [0.05, 0.1) is 16.6 Å². The molecule has 20 heavy (non-hydrogen) atoms. The number of rotatable bonds is 6. The van der Waals surface area contributed by atoms with Crippen LogP contribution < -0.4 is 4.74 Å². The second-order valence-electron chi connectivity index (χ2n) is 3.96. The van der Waals surface area contributed by atoms with Crippen LogP contribution in [0.3, 0.4) is 0 Å². The Hall–Kier alpha value is -1.46. The number of carboxylic acids is 1. The Morgan fingerprint density at radius 1 is 1.20 bits per heavy atom. The average Bonchev–Trinajstić information content (AvgIpc) is 2.46. The fraction of sp³-hybridized carbons (Fsp3) is 0.133. The van der Waals surface area contributed by atoms with Crippen molar-refractivity contribution in [2.75, 3.05) is 12.4 Å². The van der Waals surface area contributed by atoms with Crippen molar-refractivity contribution in [3.8, 4) is 5.75 Å². The molecule has 0 fully saturated rings.